The van der Waals surface area contributed by atoms with Gasteiger partial charge in [-0.05, 0) is 47.1 Å². The second-order valence-electron chi connectivity index (χ2n) is 4.36. The van der Waals surface area contributed by atoms with E-state index in [1.54, 1.807) is 11.3 Å². The lowest BCUT2D eigenvalue weighted by atomic mass is 9.98. The van der Waals surface area contributed by atoms with Gasteiger partial charge in [0, 0.05) is 17.0 Å². The third-order valence-electron chi connectivity index (χ3n) is 3.25. The van der Waals surface area contributed by atoms with E-state index >= 15 is 0 Å². The zero-order valence-corrected chi connectivity index (χ0v) is 11.6. The molecular weight excluding hydrogens is 266 g/mol. The van der Waals surface area contributed by atoms with Gasteiger partial charge in [0.05, 0.1) is 12.6 Å². The predicted octanol–water partition coefficient (Wildman–Crippen LogP) is 3.65. The van der Waals surface area contributed by atoms with E-state index in [-0.39, 0.29) is 6.04 Å². The normalized spacial score (nSPS) is 15.2. The van der Waals surface area contributed by atoms with Gasteiger partial charge in [0.15, 0.2) is 0 Å². The van der Waals surface area contributed by atoms with Gasteiger partial charge in [-0.1, -0.05) is 11.6 Å². The molecule has 1 aliphatic heterocycles. The monoisotopic (exact) mass is 279 g/mol. The first kappa shape index (κ1) is 12.0. The van der Waals surface area contributed by atoms with E-state index in [2.05, 4.69) is 22.1 Å². The molecule has 0 amide bonds. The fourth-order valence-corrected chi connectivity index (χ4v) is 3.39. The van der Waals surface area contributed by atoms with Gasteiger partial charge in [-0.15, -0.1) is 0 Å². The van der Waals surface area contributed by atoms with Crippen LogP contribution >= 0.6 is 22.9 Å². The summed E-state index contributed by atoms with van der Waals surface area (Å²) in [5.74, 6) is 1.00. The zero-order valence-electron chi connectivity index (χ0n) is 10.1. The third kappa shape index (κ3) is 2.03. The molecule has 0 saturated heterocycles. The lowest BCUT2D eigenvalue weighted by Gasteiger charge is -2.19. The number of thiophene rings is 1. The lowest BCUT2D eigenvalue weighted by molar-refractivity contribution is 0.351. The minimum atomic E-state index is 0.141. The van der Waals surface area contributed by atoms with E-state index in [9.17, 15) is 0 Å². The Hall–Kier alpha value is -1.03. The highest BCUT2D eigenvalue weighted by Gasteiger charge is 2.23. The van der Waals surface area contributed by atoms with Crippen molar-refractivity contribution in [1.82, 2.24) is 5.32 Å². The molecule has 1 aliphatic rings. The standard InChI is InChI=1S/C14H14ClNOS/c1-16-13(10-3-5-18-8-10)12-7-11(15)6-9-2-4-17-14(9)12/h3,5-8,13,16H,2,4H2,1H3. The quantitative estimate of drug-likeness (QED) is 0.926. The molecule has 1 N–H and O–H groups in total. The predicted molar refractivity (Wildman–Crippen MR) is 75.9 cm³/mol. The lowest BCUT2D eigenvalue weighted by Crippen LogP contribution is -2.17. The molecule has 0 aliphatic carbocycles. The number of nitrogens with one attached hydrogen (secondary N) is 1. The summed E-state index contributed by atoms with van der Waals surface area (Å²) in [6.07, 6.45) is 0.947. The highest BCUT2D eigenvalue weighted by atomic mass is 35.5. The van der Waals surface area contributed by atoms with Crippen LogP contribution in [0.2, 0.25) is 5.02 Å². The fourth-order valence-electron chi connectivity index (χ4n) is 2.45. The van der Waals surface area contributed by atoms with Gasteiger partial charge < -0.3 is 10.1 Å². The zero-order chi connectivity index (χ0) is 12.5. The van der Waals surface area contributed by atoms with Crippen molar-refractivity contribution in [1.29, 1.82) is 0 Å². The highest BCUT2D eigenvalue weighted by Crippen LogP contribution is 2.38. The minimum absolute atomic E-state index is 0.141. The molecule has 4 heteroatoms. The van der Waals surface area contributed by atoms with E-state index in [0.29, 0.717) is 0 Å². The molecule has 0 saturated carbocycles. The van der Waals surface area contributed by atoms with E-state index in [1.165, 1.54) is 11.1 Å². The summed E-state index contributed by atoms with van der Waals surface area (Å²) in [5.41, 5.74) is 3.60. The van der Waals surface area contributed by atoms with Gasteiger partial charge in [0.2, 0.25) is 0 Å². The summed E-state index contributed by atoms with van der Waals surface area (Å²) in [5, 5.41) is 8.37. The molecular formula is C14H14ClNOS. The molecule has 18 heavy (non-hydrogen) atoms. The van der Waals surface area contributed by atoms with Crippen LogP contribution in [0.15, 0.2) is 29.0 Å². The maximum absolute atomic E-state index is 6.21. The van der Waals surface area contributed by atoms with Crippen molar-refractivity contribution >= 4 is 22.9 Å². The first-order valence-corrected chi connectivity index (χ1v) is 7.26. The average molecular weight is 280 g/mol. The molecule has 2 aromatic rings. The maximum Gasteiger partial charge on any atom is 0.127 e. The van der Waals surface area contributed by atoms with E-state index in [1.807, 2.05) is 19.2 Å². The Bertz CT molecular complexity index is 553. The van der Waals surface area contributed by atoms with E-state index in [4.69, 9.17) is 16.3 Å². The summed E-state index contributed by atoms with van der Waals surface area (Å²) < 4.78 is 5.77. The van der Waals surface area contributed by atoms with Crippen molar-refractivity contribution in [3.05, 3.63) is 50.7 Å². The minimum Gasteiger partial charge on any atom is -0.493 e. The molecule has 3 rings (SSSR count). The number of rotatable bonds is 3. The number of hydrogen-bond donors (Lipinski definition) is 1. The van der Waals surface area contributed by atoms with Crippen LogP contribution in [0, 0.1) is 0 Å². The molecule has 0 fully saturated rings. The Morgan fingerprint density at radius 3 is 3.06 bits per heavy atom. The van der Waals surface area contributed by atoms with Crippen molar-refractivity contribution in [3.63, 3.8) is 0 Å². The Kier molecular flexibility index (Phi) is 3.29. The van der Waals surface area contributed by atoms with Crippen molar-refractivity contribution < 1.29 is 4.74 Å². The number of benzene rings is 1. The van der Waals surface area contributed by atoms with Crippen LogP contribution in [0.3, 0.4) is 0 Å². The second kappa shape index (κ2) is 4.92. The topological polar surface area (TPSA) is 21.3 Å². The summed E-state index contributed by atoms with van der Waals surface area (Å²) in [7, 11) is 1.96. The van der Waals surface area contributed by atoms with Crippen LogP contribution in [-0.4, -0.2) is 13.7 Å². The van der Waals surface area contributed by atoms with Crippen molar-refractivity contribution in [3.8, 4) is 5.75 Å². The molecule has 0 bridgehead atoms. The second-order valence-corrected chi connectivity index (χ2v) is 5.58. The van der Waals surface area contributed by atoms with Crippen LogP contribution in [0.1, 0.15) is 22.7 Å². The molecule has 1 aromatic carbocycles. The van der Waals surface area contributed by atoms with Crippen molar-refractivity contribution in [2.24, 2.45) is 0 Å². The molecule has 1 unspecified atom stereocenters. The molecule has 2 nitrogen and oxygen atoms in total. The molecule has 1 aromatic heterocycles. The van der Waals surface area contributed by atoms with Gasteiger partial charge in [-0.25, -0.2) is 0 Å². The van der Waals surface area contributed by atoms with E-state index < -0.39 is 0 Å². The Morgan fingerprint density at radius 1 is 1.44 bits per heavy atom. The van der Waals surface area contributed by atoms with Gasteiger partial charge >= 0.3 is 0 Å². The molecule has 2 heterocycles. The van der Waals surface area contributed by atoms with Crippen LogP contribution < -0.4 is 10.1 Å². The molecule has 1 atom stereocenters. The van der Waals surface area contributed by atoms with Crippen LogP contribution in [-0.2, 0) is 6.42 Å². The van der Waals surface area contributed by atoms with Crippen LogP contribution in [0.5, 0.6) is 5.75 Å². The van der Waals surface area contributed by atoms with Crippen molar-refractivity contribution in [2.75, 3.05) is 13.7 Å². The number of halogens is 1. The number of ether oxygens (including phenoxy) is 1. The smallest absolute Gasteiger partial charge is 0.127 e. The molecule has 0 radical (unpaired) electrons. The van der Waals surface area contributed by atoms with Crippen molar-refractivity contribution in [2.45, 2.75) is 12.5 Å². The third-order valence-corrected chi connectivity index (χ3v) is 4.17. The van der Waals surface area contributed by atoms with Gasteiger partial charge in [0.25, 0.3) is 0 Å². The van der Waals surface area contributed by atoms with Gasteiger partial charge in [-0.2, -0.15) is 11.3 Å². The van der Waals surface area contributed by atoms with Crippen LogP contribution in [0.4, 0.5) is 0 Å². The Balaban J connectivity index is 2.10. The maximum atomic E-state index is 6.21. The van der Waals surface area contributed by atoms with E-state index in [0.717, 1.165) is 29.4 Å². The average Bonchev–Trinajstić information content (AvgIpc) is 2.99. The first-order chi connectivity index (χ1) is 8.79. The largest absolute Gasteiger partial charge is 0.493 e. The number of fused-ring (bicyclic) bond motifs is 1. The summed E-state index contributed by atoms with van der Waals surface area (Å²) >= 11 is 7.91. The fraction of sp³-hybridized carbons (Fsp3) is 0.286. The summed E-state index contributed by atoms with van der Waals surface area (Å²) in [6.45, 7) is 0.753. The Morgan fingerprint density at radius 2 is 2.33 bits per heavy atom. The Labute approximate surface area is 116 Å². The molecule has 0 spiro atoms. The summed E-state index contributed by atoms with van der Waals surface area (Å²) in [6, 6.07) is 6.29. The van der Waals surface area contributed by atoms with Crippen LogP contribution in [0.25, 0.3) is 0 Å². The first-order valence-electron chi connectivity index (χ1n) is 5.94. The number of hydrogen-bond acceptors (Lipinski definition) is 3. The SMILES string of the molecule is CNC(c1ccsc1)c1cc(Cl)cc2c1OCC2. The van der Waals surface area contributed by atoms with Gasteiger partial charge in [0.1, 0.15) is 5.75 Å². The highest BCUT2D eigenvalue weighted by molar-refractivity contribution is 7.08. The molecule has 94 valence electrons. The summed E-state index contributed by atoms with van der Waals surface area (Å²) in [4.78, 5) is 0. The van der Waals surface area contributed by atoms with Gasteiger partial charge in [-0.3, -0.25) is 0 Å².